The molecule has 0 aromatic carbocycles. The minimum atomic E-state index is -4.49. The lowest BCUT2D eigenvalue weighted by molar-refractivity contribution is -0.144. The topological polar surface area (TPSA) is 52.1 Å². The number of carbonyl (C=O) groups is 1. The van der Waals surface area contributed by atoms with E-state index >= 15 is 0 Å². The number of aromatic nitrogens is 2. The second kappa shape index (κ2) is 6.03. The molecule has 0 saturated carbocycles. The standard InChI is InChI=1S/C10H11F3N2O2S/c1-6(9(16)17-2)5-18-8-4-3-7(14-15-8)10(11,12)13/h3-4,6H,5H2,1-2H3. The van der Waals surface area contributed by atoms with Gasteiger partial charge in [0.15, 0.2) is 5.69 Å². The van der Waals surface area contributed by atoms with Crippen molar-refractivity contribution in [2.45, 2.75) is 18.1 Å². The lowest BCUT2D eigenvalue weighted by atomic mass is 10.2. The third-order valence-electron chi connectivity index (χ3n) is 2.02. The fraction of sp³-hybridized carbons (Fsp3) is 0.500. The van der Waals surface area contributed by atoms with E-state index in [0.717, 1.165) is 17.8 Å². The zero-order chi connectivity index (χ0) is 13.8. The largest absolute Gasteiger partial charge is 0.469 e. The first-order chi connectivity index (χ1) is 8.34. The van der Waals surface area contributed by atoms with Crippen LogP contribution < -0.4 is 0 Å². The van der Waals surface area contributed by atoms with Crippen LogP contribution in [0.1, 0.15) is 12.6 Å². The number of alkyl halides is 3. The van der Waals surface area contributed by atoms with Gasteiger partial charge < -0.3 is 4.74 Å². The molecule has 1 aromatic rings. The van der Waals surface area contributed by atoms with Crippen molar-refractivity contribution in [1.29, 1.82) is 0 Å². The summed E-state index contributed by atoms with van der Waals surface area (Å²) in [5.41, 5.74) is -1.03. The smallest absolute Gasteiger partial charge is 0.435 e. The van der Waals surface area contributed by atoms with Gasteiger partial charge in [0.05, 0.1) is 13.0 Å². The lowest BCUT2D eigenvalue weighted by Gasteiger charge is -2.08. The van der Waals surface area contributed by atoms with Gasteiger partial charge in [-0.2, -0.15) is 13.2 Å². The number of thioether (sulfide) groups is 1. The van der Waals surface area contributed by atoms with Crippen LogP contribution in [0.3, 0.4) is 0 Å². The molecule has 1 aromatic heterocycles. The van der Waals surface area contributed by atoms with Gasteiger partial charge in [-0.05, 0) is 12.1 Å². The molecule has 0 amide bonds. The molecule has 4 nitrogen and oxygen atoms in total. The van der Waals surface area contributed by atoms with Gasteiger partial charge in [-0.3, -0.25) is 4.79 Å². The van der Waals surface area contributed by atoms with Crippen molar-refractivity contribution < 1.29 is 22.7 Å². The van der Waals surface area contributed by atoms with Crippen molar-refractivity contribution in [3.8, 4) is 0 Å². The molecule has 0 aliphatic heterocycles. The molecule has 100 valence electrons. The van der Waals surface area contributed by atoms with Gasteiger partial charge in [0.25, 0.3) is 0 Å². The fourth-order valence-electron chi connectivity index (χ4n) is 1.03. The normalized spacial score (nSPS) is 13.2. The summed E-state index contributed by atoms with van der Waals surface area (Å²) < 4.78 is 41.2. The first-order valence-electron chi connectivity index (χ1n) is 4.96. The van der Waals surface area contributed by atoms with Crippen LogP contribution in [0.5, 0.6) is 0 Å². The molecule has 0 fully saturated rings. The van der Waals surface area contributed by atoms with E-state index in [9.17, 15) is 18.0 Å². The highest BCUT2D eigenvalue weighted by molar-refractivity contribution is 7.99. The number of hydrogen-bond donors (Lipinski definition) is 0. The number of nitrogens with zero attached hydrogens (tertiary/aromatic N) is 2. The Morgan fingerprint density at radius 2 is 2.11 bits per heavy atom. The molecule has 8 heteroatoms. The number of hydrogen-bond acceptors (Lipinski definition) is 5. The average molecular weight is 280 g/mol. The van der Waals surface area contributed by atoms with Crippen LogP contribution in [0.4, 0.5) is 13.2 Å². The Kier molecular flexibility index (Phi) is 4.94. The number of rotatable bonds is 4. The van der Waals surface area contributed by atoms with E-state index < -0.39 is 11.9 Å². The second-order valence-corrected chi connectivity index (χ2v) is 4.53. The summed E-state index contributed by atoms with van der Waals surface area (Å²) in [4.78, 5) is 11.1. The highest BCUT2D eigenvalue weighted by atomic mass is 32.2. The van der Waals surface area contributed by atoms with Gasteiger partial charge in [0, 0.05) is 5.75 Å². The Labute approximate surface area is 106 Å². The zero-order valence-electron chi connectivity index (χ0n) is 9.69. The first kappa shape index (κ1) is 14.7. The molecule has 0 aliphatic carbocycles. The fourth-order valence-corrected chi connectivity index (χ4v) is 1.85. The van der Waals surface area contributed by atoms with E-state index in [0.29, 0.717) is 10.8 Å². The molecule has 0 saturated heterocycles. The van der Waals surface area contributed by atoms with Crippen LogP contribution in [-0.2, 0) is 15.7 Å². The molecule has 0 N–H and O–H groups in total. The highest BCUT2D eigenvalue weighted by Crippen LogP contribution is 2.28. The molecular formula is C10H11F3N2O2S. The first-order valence-corrected chi connectivity index (χ1v) is 5.94. The van der Waals surface area contributed by atoms with Gasteiger partial charge in [0.2, 0.25) is 0 Å². The Hall–Kier alpha value is -1.31. The van der Waals surface area contributed by atoms with Crippen molar-refractivity contribution in [2.24, 2.45) is 5.92 Å². The molecule has 18 heavy (non-hydrogen) atoms. The lowest BCUT2D eigenvalue weighted by Crippen LogP contribution is -2.15. The monoisotopic (exact) mass is 280 g/mol. The molecule has 1 rings (SSSR count). The average Bonchev–Trinajstić information content (AvgIpc) is 2.34. The van der Waals surface area contributed by atoms with Gasteiger partial charge in [0.1, 0.15) is 5.03 Å². The summed E-state index contributed by atoms with van der Waals surface area (Å²) >= 11 is 1.15. The summed E-state index contributed by atoms with van der Waals surface area (Å²) in [6.45, 7) is 1.66. The number of methoxy groups -OCH3 is 1. The van der Waals surface area contributed by atoms with Crippen LogP contribution >= 0.6 is 11.8 Å². The molecular weight excluding hydrogens is 269 g/mol. The minimum Gasteiger partial charge on any atom is -0.469 e. The predicted octanol–water partition coefficient (Wildman–Crippen LogP) is 2.40. The van der Waals surface area contributed by atoms with Crippen molar-refractivity contribution in [1.82, 2.24) is 10.2 Å². The second-order valence-electron chi connectivity index (χ2n) is 3.49. The van der Waals surface area contributed by atoms with Crippen LogP contribution in [-0.4, -0.2) is 29.0 Å². The van der Waals surface area contributed by atoms with E-state index in [1.165, 1.54) is 13.2 Å². The van der Waals surface area contributed by atoms with E-state index in [1.807, 2.05) is 0 Å². The van der Waals surface area contributed by atoms with Gasteiger partial charge in [-0.25, -0.2) is 0 Å². The quantitative estimate of drug-likeness (QED) is 0.626. The van der Waals surface area contributed by atoms with E-state index in [-0.39, 0.29) is 11.9 Å². The number of halogens is 3. The van der Waals surface area contributed by atoms with Gasteiger partial charge in [-0.1, -0.05) is 6.92 Å². The number of ether oxygens (including phenoxy) is 1. The maximum absolute atomic E-state index is 12.2. The molecule has 0 aliphatic rings. The third-order valence-corrected chi connectivity index (χ3v) is 3.20. The maximum atomic E-state index is 12.2. The molecule has 0 radical (unpaired) electrons. The summed E-state index contributed by atoms with van der Waals surface area (Å²) in [6.07, 6.45) is -4.49. The molecule has 1 atom stereocenters. The summed E-state index contributed by atoms with van der Waals surface area (Å²) in [7, 11) is 1.28. The van der Waals surface area contributed by atoms with Crippen LogP contribution in [0, 0.1) is 5.92 Å². The van der Waals surface area contributed by atoms with Crippen molar-refractivity contribution in [3.05, 3.63) is 17.8 Å². The van der Waals surface area contributed by atoms with Crippen LogP contribution in [0.25, 0.3) is 0 Å². The van der Waals surface area contributed by atoms with E-state index in [4.69, 9.17) is 0 Å². The van der Waals surface area contributed by atoms with E-state index in [1.54, 1.807) is 6.92 Å². The van der Waals surface area contributed by atoms with Crippen molar-refractivity contribution in [2.75, 3.05) is 12.9 Å². The third kappa shape index (κ3) is 4.17. The summed E-state index contributed by atoms with van der Waals surface area (Å²) in [6, 6.07) is 2.09. The highest BCUT2D eigenvalue weighted by Gasteiger charge is 2.32. The van der Waals surface area contributed by atoms with E-state index in [2.05, 4.69) is 14.9 Å². The molecule has 1 heterocycles. The van der Waals surface area contributed by atoms with Gasteiger partial charge in [-0.15, -0.1) is 22.0 Å². The minimum absolute atomic E-state index is 0.332. The molecule has 0 bridgehead atoms. The van der Waals surface area contributed by atoms with Crippen molar-refractivity contribution >= 4 is 17.7 Å². The Morgan fingerprint density at radius 1 is 1.44 bits per heavy atom. The molecule has 1 unspecified atom stereocenters. The van der Waals surface area contributed by atoms with Crippen molar-refractivity contribution in [3.63, 3.8) is 0 Å². The summed E-state index contributed by atoms with van der Waals surface area (Å²) in [5.74, 6) is -0.362. The number of esters is 1. The summed E-state index contributed by atoms with van der Waals surface area (Å²) in [5, 5.41) is 6.86. The zero-order valence-corrected chi connectivity index (χ0v) is 10.5. The molecule has 0 spiro atoms. The van der Waals surface area contributed by atoms with Gasteiger partial charge >= 0.3 is 12.1 Å². The predicted molar refractivity (Wildman–Crippen MR) is 58.9 cm³/mol. The Bertz CT molecular complexity index is 409. The SMILES string of the molecule is COC(=O)C(C)CSc1ccc(C(F)(F)F)nn1. The van der Waals surface area contributed by atoms with Crippen LogP contribution in [0.15, 0.2) is 17.2 Å². The Balaban J connectivity index is 2.57. The number of carbonyl (C=O) groups excluding carboxylic acids is 1. The maximum Gasteiger partial charge on any atom is 0.435 e. The Morgan fingerprint density at radius 3 is 2.56 bits per heavy atom. The van der Waals surface area contributed by atoms with Crippen LogP contribution in [0.2, 0.25) is 0 Å².